The quantitative estimate of drug-likeness (QED) is 0.746. The van der Waals surface area contributed by atoms with Gasteiger partial charge in [-0.25, -0.2) is 0 Å². The molecule has 1 aromatic carbocycles. The van der Waals surface area contributed by atoms with Crippen LogP contribution in [0.4, 0.5) is 5.69 Å². The van der Waals surface area contributed by atoms with Crippen molar-refractivity contribution in [1.82, 2.24) is 0 Å². The Bertz CT molecular complexity index is 538. The lowest BCUT2D eigenvalue weighted by molar-refractivity contribution is -0.150. The molecule has 5 nitrogen and oxygen atoms in total. The molecule has 108 valence electrons. The number of halogens is 1. The van der Waals surface area contributed by atoms with Gasteiger partial charge in [0.05, 0.1) is 10.4 Å². The lowest BCUT2D eigenvalue weighted by Gasteiger charge is -2.22. The molecule has 0 aromatic heterocycles. The molecule has 20 heavy (non-hydrogen) atoms. The number of aromatic hydroxyl groups is 1. The van der Waals surface area contributed by atoms with Crippen LogP contribution in [0.5, 0.6) is 5.75 Å². The van der Waals surface area contributed by atoms with Crippen LogP contribution in [0.3, 0.4) is 0 Å². The highest BCUT2D eigenvalue weighted by molar-refractivity contribution is 6.32. The van der Waals surface area contributed by atoms with Gasteiger partial charge in [-0.05, 0) is 31.0 Å². The molecular formula is C14H16ClNO4. The van der Waals surface area contributed by atoms with Gasteiger partial charge in [0, 0.05) is 12.1 Å². The van der Waals surface area contributed by atoms with Gasteiger partial charge in [0.1, 0.15) is 5.75 Å². The monoisotopic (exact) mass is 297 g/mol. The molecule has 6 heteroatoms. The summed E-state index contributed by atoms with van der Waals surface area (Å²) in [6, 6.07) is 4.32. The number of carboxylic acids is 1. The lowest BCUT2D eigenvalue weighted by Crippen LogP contribution is -2.32. The summed E-state index contributed by atoms with van der Waals surface area (Å²) in [6.07, 6.45) is 2.70. The van der Waals surface area contributed by atoms with E-state index in [-0.39, 0.29) is 23.1 Å². The van der Waals surface area contributed by atoms with E-state index in [2.05, 4.69) is 5.32 Å². The zero-order valence-corrected chi connectivity index (χ0v) is 11.6. The molecule has 1 fully saturated rings. The van der Waals surface area contributed by atoms with E-state index in [1.54, 1.807) is 0 Å². The number of rotatable bonds is 4. The maximum atomic E-state index is 12.0. The number of phenolic OH excluding ortho intramolecular Hbond substituents is 1. The van der Waals surface area contributed by atoms with Gasteiger partial charge in [0.15, 0.2) is 0 Å². The van der Waals surface area contributed by atoms with Crippen molar-refractivity contribution < 1.29 is 19.8 Å². The van der Waals surface area contributed by atoms with Gasteiger partial charge in [-0.15, -0.1) is 0 Å². The lowest BCUT2D eigenvalue weighted by atomic mass is 9.82. The van der Waals surface area contributed by atoms with E-state index in [0.717, 1.165) is 12.8 Å². The van der Waals surface area contributed by atoms with Crippen LogP contribution in [0.2, 0.25) is 5.02 Å². The van der Waals surface area contributed by atoms with Crippen LogP contribution in [0.15, 0.2) is 18.2 Å². The summed E-state index contributed by atoms with van der Waals surface area (Å²) < 4.78 is 0. The zero-order valence-electron chi connectivity index (χ0n) is 10.9. The first kappa shape index (κ1) is 14.7. The summed E-state index contributed by atoms with van der Waals surface area (Å²) in [7, 11) is 0. The summed E-state index contributed by atoms with van der Waals surface area (Å²) in [5.41, 5.74) is -0.499. The Morgan fingerprint density at radius 1 is 1.30 bits per heavy atom. The third-order valence-electron chi connectivity index (χ3n) is 3.74. The molecule has 0 aliphatic heterocycles. The summed E-state index contributed by atoms with van der Waals surface area (Å²) in [6.45, 7) is 0. The molecular weight excluding hydrogens is 282 g/mol. The van der Waals surface area contributed by atoms with Crippen LogP contribution in [0, 0.1) is 5.41 Å². The molecule has 1 amide bonds. The molecule has 1 aromatic rings. The Morgan fingerprint density at radius 2 is 1.95 bits per heavy atom. The number of anilines is 1. The van der Waals surface area contributed by atoms with E-state index in [1.165, 1.54) is 18.2 Å². The number of benzene rings is 1. The molecule has 0 atom stereocenters. The van der Waals surface area contributed by atoms with Crippen LogP contribution >= 0.6 is 11.6 Å². The number of amides is 1. The number of carbonyl (C=O) groups excluding carboxylic acids is 1. The fourth-order valence-corrected chi connectivity index (χ4v) is 2.80. The van der Waals surface area contributed by atoms with Crippen molar-refractivity contribution in [1.29, 1.82) is 0 Å². The van der Waals surface area contributed by atoms with Gasteiger partial charge in [-0.1, -0.05) is 24.4 Å². The summed E-state index contributed by atoms with van der Waals surface area (Å²) in [5, 5.41) is 21.4. The maximum absolute atomic E-state index is 12.0. The second kappa shape index (κ2) is 5.71. The second-order valence-electron chi connectivity index (χ2n) is 5.18. The molecule has 0 saturated heterocycles. The third kappa shape index (κ3) is 3.04. The first-order valence-corrected chi connectivity index (χ1v) is 6.82. The predicted octanol–water partition coefficient (Wildman–Crippen LogP) is 3.02. The number of hydrogen-bond acceptors (Lipinski definition) is 3. The van der Waals surface area contributed by atoms with Gasteiger partial charge >= 0.3 is 5.97 Å². The predicted molar refractivity (Wildman–Crippen MR) is 74.9 cm³/mol. The summed E-state index contributed by atoms with van der Waals surface area (Å²) >= 11 is 5.75. The van der Waals surface area contributed by atoms with Gasteiger partial charge in [0.2, 0.25) is 5.91 Å². The molecule has 0 heterocycles. The number of phenols is 1. The topological polar surface area (TPSA) is 86.6 Å². The van der Waals surface area contributed by atoms with Crippen molar-refractivity contribution in [3.05, 3.63) is 23.2 Å². The van der Waals surface area contributed by atoms with E-state index in [4.69, 9.17) is 11.6 Å². The minimum absolute atomic E-state index is 0.0408. The van der Waals surface area contributed by atoms with Crippen molar-refractivity contribution in [2.45, 2.75) is 32.1 Å². The molecule has 0 spiro atoms. The number of carbonyl (C=O) groups is 2. The Kier molecular flexibility index (Phi) is 4.18. The van der Waals surface area contributed by atoms with E-state index in [1.807, 2.05) is 0 Å². The molecule has 0 unspecified atom stereocenters. The Labute approximate surface area is 121 Å². The molecule has 0 bridgehead atoms. The summed E-state index contributed by atoms with van der Waals surface area (Å²) in [4.78, 5) is 23.4. The van der Waals surface area contributed by atoms with Crippen LogP contribution in [0.25, 0.3) is 0 Å². The maximum Gasteiger partial charge on any atom is 0.310 e. The van der Waals surface area contributed by atoms with E-state index < -0.39 is 11.4 Å². The first-order chi connectivity index (χ1) is 9.43. The average Bonchev–Trinajstić information content (AvgIpc) is 2.83. The highest BCUT2D eigenvalue weighted by atomic mass is 35.5. The van der Waals surface area contributed by atoms with Crippen molar-refractivity contribution in [2.24, 2.45) is 5.41 Å². The fourth-order valence-electron chi connectivity index (χ4n) is 2.62. The third-order valence-corrected chi connectivity index (χ3v) is 4.05. The fraction of sp³-hybridized carbons (Fsp3) is 0.429. The standard InChI is InChI=1S/C14H16ClNO4/c15-10-7-9(3-4-11(10)17)16-12(18)8-14(13(19)20)5-1-2-6-14/h3-4,7,17H,1-2,5-6,8H2,(H,16,18)(H,19,20). The van der Waals surface area contributed by atoms with Crippen LogP contribution in [0.1, 0.15) is 32.1 Å². The highest BCUT2D eigenvalue weighted by Crippen LogP contribution is 2.41. The molecule has 0 radical (unpaired) electrons. The van der Waals surface area contributed by atoms with Crippen molar-refractivity contribution in [3.63, 3.8) is 0 Å². The van der Waals surface area contributed by atoms with Crippen LogP contribution < -0.4 is 5.32 Å². The Balaban J connectivity index is 2.04. The zero-order chi connectivity index (χ0) is 14.8. The van der Waals surface area contributed by atoms with Gasteiger partial charge in [0.25, 0.3) is 0 Å². The number of hydrogen-bond donors (Lipinski definition) is 3. The molecule has 1 saturated carbocycles. The number of aliphatic carboxylic acids is 1. The second-order valence-corrected chi connectivity index (χ2v) is 5.59. The van der Waals surface area contributed by atoms with Gasteiger partial charge < -0.3 is 15.5 Å². The molecule has 1 aliphatic rings. The Hall–Kier alpha value is -1.75. The van der Waals surface area contributed by atoms with Crippen molar-refractivity contribution in [3.8, 4) is 5.75 Å². The minimum atomic E-state index is -0.940. The SMILES string of the molecule is O=C(CC1(C(=O)O)CCCC1)Nc1ccc(O)c(Cl)c1. The number of carboxylic acid groups (broad SMARTS) is 1. The van der Waals surface area contributed by atoms with Gasteiger partial charge in [-0.2, -0.15) is 0 Å². The minimum Gasteiger partial charge on any atom is -0.506 e. The normalized spacial score (nSPS) is 16.9. The van der Waals surface area contributed by atoms with Crippen molar-refractivity contribution in [2.75, 3.05) is 5.32 Å². The number of nitrogens with one attached hydrogen (secondary N) is 1. The van der Waals surface area contributed by atoms with E-state index >= 15 is 0 Å². The molecule has 2 rings (SSSR count). The largest absolute Gasteiger partial charge is 0.506 e. The molecule has 3 N–H and O–H groups in total. The summed E-state index contributed by atoms with van der Waals surface area (Å²) in [5.74, 6) is -1.33. The first-order valence-electron chi connectivity index (χ1n) is 6.45. The average molecular weight is 298 g/mol. The highest BCUT2D eigenvalue weighted by Gasteiger charge is 2.42. The van der Waals surface area contributed by atoms with E-state index in [9.17, 15) is 19.8 Å². The Morgan fingerprint density at radius 3 is 2.50 bits per heavy atom. The van der Waals surface area contributed by atoms with E-state index in [0.29, 0.717) is 18.5 Å². The van der Waals surface area contributed by atoms with Crippen LogP contribution in [-0.2, 0) is 9.59 Å². The van der Waals surface area contributed by atoms with Gasteiger partial charge in [-0.3, -0.25) is 9.59 Å². The smallest absolute Gasteiger partial charge is 0.310 e. The van der Waals surface area contributed by atoms with Crippen molar-refractivity contribution >= 4 is 29.2 Å². The molecule has 1 aliphatic carbocycles. The van der Waals surface area contributed by atoms with Crippen LogP contribution in [-0.4, -0.2) is 22.1 Å².